The minimum absolute atomic E-state index is 0.0947. The third-order valence-electron chi connectivity index (χ3n) is 2.23. The third kappa shape index (κ3) is 4.44. The Hall–Kier alpha value is -0.940. The van der Waals surface area contributed by atoms with E-state index in [1.165, 1.54) is 12.3 Å². The Morgan fingerprint density at radius 3 is 2.94 bits per heavy atom. The number of hydrogen-bond donors (Lipinski definition) is 2. The van der Waals surface area contributed by atoms with Gasteiger partial charge in [0.1, 0.15) is 5.82 Å². The fourth-order valence-corrected chi connectivity index (χ4v) is 2.07. The molecule has 0 saturated carbocycles. The van der Waals surface area contributed by atoms with Crippen LogP contribution in [0.25, 0.3) is 0 Å². The number of halogens is 1. The number of anilines is 1. The molecular formula is C11H15ClN2O2S. The Morgan fingerprint density at radius 1 is 1.71 bits per heavy atom. The van der Waals surface area contributed by atoms with Gasteiger partial charge in [-0.1, -0.05) is 11.6 Å². The Morgan fingerprint density at radius 2 is 2.41 bits per heavy atom. The van der Waals surface area contributed by atoms with Crippen LogP contribution >= 0.6 is 23.4 Å². The number of nitrogens with one attached hydrogen (secondary N) is 1. The third-order valence-corrected chi connectivity index (χ3v) is 3.16. The molecule has 6 heteroatoms. The van der Waals surface area contributed by atoms with Crippen LogP contribution in [0.5, 0.6) is 0 Å². The summed E-state index contributed by atoms with van der Waals surface area (Å²) in [5.74, 6) is 0.561. The summed E-state index contributed by atoms with van der Waals surface area (Å²) >= 11 is 7.74. The summed E-state index contributed by atoms with van der Waals surface area (Å²) in [4.78, 5) is 14.7. The summed E-state index contributed by atoms with van der Waals surface area (Å²) in [7, 11) is 0. The first-order valence-electron chi connectivity index (χ1n) is 5.19. The van der Waals surface area contributed by atoms with Crippen molar-refractivity contribution in [2.45, 2.75) is 19.4 Å². The van der Waals surface area contributed by atoms with Crippen molar-refractivity contribution in [1.82, 2.24) is 4.98 Å². The average Bonchev–Trinajstić information content (AvgIpc) is 2.28. The van der Waals surface area contributed by atoms with E-state index in [0.29, 0.717) is 10.8 Å². The van der Waals surface area contributed by atoms with Crippen molar-refractivity contribution in [2.75, 3.05) is 17.3 Å². The van der Waals surface area contributed by atoms with Gasteiger partial charge in [-0.05, 0) is 31.4 Å². The normalized spacial score (nSPS) is 12.2. The molecule has 1 aromatic heterocycles. The van der Waals surface area contributed by atoms with Gasteiger partial charge in [-0.25, -0.2) is 9.78 Å². The van der Waals surface area contributed by atoms with Gasteiger partial charge in [-0.3, -0.25) is 0 Å². The topological polar surface area (TPSA) is 62.2 Å². The largest absolute Gasteiger partial charge is 0.478 e. The maximum Gasteiger partial charge on any atom is 0.337 e. The van der Waals surface area contributed by atoms with Crippen molar-refractivity contribution in [3.63, 3.8) is 0 Å². The highest BCUT2D eigenvalue weighted by Gasteiger charge is 2.10. The number of rotatable bonds is 6. The van der Waals surface area contributed by atoms with Crippen molar-refractivity contribution in [3.8, 4) is 0 Å². The van der Waals surface area contributed by atoms with Crippen LogP contribution in [0.4, 0.5) is 5.82 Å². The molecule has 1 heterocycles. The molecular weight excluding hydrogens is 260 g/mol. The molecule has 0 fully saturated rings. The van der Waals surface area contributed by atoms with Crippen LogP contribution in [0, 0.1) is 0 Å². The van der Waals surface area contributed by atoms with Crippen molar-refractivity contribution in [3.05, 3.63) is 22.8 Å². The lowest BCUT2D eigenvalue weighted by Gasteiger charge is -2.14. The number of thioether (sulfide) groups is 1. The molecule has 1 atom stereocenters. The van der Waals surface area contributed by atoms with Crippen molar-refractivity contribution < 1.29 is 9.90 Å². The fourth-order valence-electron chi connectivity index (χ4n) is 1.26. The molecule has 0 saturated heterocycles. The molecule has 0 radical (unpaired) electrons. The van der Waals surface area contributed by atoms with E-state index in [0.717, 1.165) is 12.2 Å². The number of nitrogens with zero attached hydrogens (tertiary/aromatic N) is 1. The van der Waals surface area contributed by atoms with Gasteiger partial charge in [0.25, 0.3) is 0 Å². The summed E-state index contributed by atoms with van der Waals surface area (Å²) in [6.45, 7) is 2.04. The smallest absolute Gasteiger partial charge is 0.337 e. The molecule has 0 aromatic carbocycles. The van der Waals surface area contributed by atoms with Gasteiger partial charge < -0.3 is 10.4 Å². The molecule has 4 nitrogen and oxygen atoms in total. The average molecular weight is 275 g/mol. The first-order chi connectivity index (χ1) is 8.04. The van der Waals surface area contributed by atoms with E-state index in [1.54, 1.807) is 11.8 Å². The zero-order chi connectivity index (χ0) is 12.8. The number of aromatic carboxylic acids is 1. The van der Waals surface area contributed by atoms with Crippen LogP contribution in [0.15, 0.2) is 12.3 Å². The van der Waals surface area contributed by atoms with Crippen LogP contribution < -0.4 is 5.32 Å². The van der Waals surface area contributed by atoms with Crippen LogP contribution in [0.2, 0.25) is 5.02 Å². The molecule has 17 heavy (non-hydrogen) atoms. The first-order valence-corrected chi connectivity index (χ1v) is 6.96. The maximum absolute atomic E-state index is 10.7. The zero-order valence-corrected chi connectivity index (χ0v) is 11.3. The van der Waals surface area contributed by atoms with Crippen molar-refractivity contribution >= 4 is 35.1 Å². The lowest BCUT2D eigenvalue weighted by molar-refractivity contribution is 0.0696. The van der Waals surface area contributed by atoms with E-state index in [9.17, 15) is 4.79 Å². The summed E-state index contributed by atoms with van der Waals surface area (Å²) in [6.07, 6.45) is 4.36. The predicted molar refractivity (Wildman–Crippen MR) is 72.3 cm³/mol. The summed E-state index contributed by atoms with van der Waals surface area (Å²) < 4.78 is 0. The number of aromatic nitrogens is 1. The lowest BCUT2D eigenvalue weighted by Crippen LogP contribution is -2.17. The van der Waals surface area contributed by atoms with Crippen LogP contribution in [0.1, 0.15) is 23.7 Å². The van der Waals surface area contributed by atoms with Gasteiger partial charge in [-0.15, -0.1) is 0 Å². The van der Waals surface area contributed by atoms with Gasteiger partial charge in [0, 0.05) is 12.2 Å². The molecule has 0 spiro atoms. The minimum Gasteiger partial charge on any atom is -0.478 e. The molecule has 0 aliphatic carbocycles. The SMILES string of the molecule is CSCCC(C)Nc1ncc(C(=O)O)cc1Cl. The molecule has 0 aliphatic rings. The Balaban J connectivity index is 2.69. The second-order valence-electron chi connectivity index (χ2n) is 3.69. The molecule has 1 aromatic rings. The molecule has 1 unspecified atom stereocenters. The Bertz CT molecular complexity index is 401. The number of carboxylic acid groups (broad SMARTS) is 1. The number of pyridine rings is 1. The second kappa shape index (κ2) is 6.71. The Kier molecular flexibility index (Phi) is 5.58. The minimum atomic E-state index is -1.03. The summed E-state index contributed by atoms with van der Waals surface area (Å²) in [6, 6.07) is 1.66. The summed E-state index contributed by atoms with van der Waals surface area (Å²) in [5.41, 5.74) is 0.0947. The number of hydrogen-bond acceptors (Lipinski definition) is 4. The zero-order valence-electron chi connectivity index (χ0n) is 9.74. The van der Waals surface area contributed by atoms with Gasteiger partial charge in [-0.2, -0.15) is 11.8 Å². The van der Waals surface area contributed by atoms with Crippen LogP contribution in [-0.4, -0.2) is 34.1 Å². The first kappa shape index (κ1) is 14.1. The van der Waals surface area contributed by atoms with E-state index in [1.807, 2.05) is 6.92 Å². The second-order valence-corrected chi connectivity index (χ2v) is 5.08. The molecule has 1 rings (SSSR count). The summed E-state index contributed by atoms with van der Waals surface area (Å²) in [5, 5.41) is 12.3. The van der Waals surface area contributed by atoms with E-state index >= 15 is 0 Å². The van der Waals surface area contributed by atoms with E-state index in [2.05, 4.69) is 16.6 Å². The van der Waals surface area contributed by atoms with Crippen molar-refractivity contribution in [2.24, 2.45) is 0 Å². The van der Waals surface area contributed by atoms with Crippen molar-refractivity contribution in [1.29, 1.82) is 0 Å². The predicted octanol–water partition coefficient (Wildman–Crippen LogP) is 2.99. The highest BCUT2D eigenvalue weighted by Crippen LogP contribution is 2.21. The fraction of sp³-hybridized carbons (Fsp3) is 0.455. The monoisotopic (exact) mass is 274 g/mol. The van der Waals surface area contributed by atoms with E-state index in [4.69, 9.17) is 16.7 Å². The molecule has 0 bridgehead atoms. The highest BCUT2D eigenvalue weighted by molar-refractivity contribution is 7.98. The van der Waals surface area contributed by atoms with Gasteiger partial charge in [0.05, 0.1) is 10.6 Å². The van der Waals surface area contributed by atoms with Gasteiger partial charge in [0.15, 0.2) is 0 Å². The van der Waals surface area contributed by atoms with Crippen LogP contribution in [0.3, 0.4) is 0 Å². The molecule has 2 N–H and O–H groups in total. The van der Waals surface area contributed by atoms with E-state index < -0.39 is 5.97 Å². The molecule has 0 aliphatic heterocycles. The molecule has 0 amide bonds. The lowest BCUT2D eigenvalue weighted by atomic mass is 10.2. The van der Waals surface area contributed by atoms with Crippen LogP contribution in [-0.2, 0) is 0 Å². The maximum atomic E-state index is 10.7. The standard InChI is InChI=1S/C11H15ClN2O2S/c1-7(3-4-17-2)14-10-9(12)5-8(6-13-10)11(15)16/h5-7H,3-4H2,1-2H3,(H,13,14)(H,15,16). The van der Waals surface area contributed by atoms with Gasteiger partial charge >= 0.3 is 5.97 Å². The van der Waals surface area contributed by atoms with E-state index in [-0.39, 0.29) is 11.6 Å². The Labute approximate surface area is 110 Å². The number of carboxylic acids is 1. The molecule has 94 valence electrons. The quantitative estimate of drug-likeness (QED) is 0.835. The number of carbonyl (C=O) groups is 1. The highest BCUT2D eigenvalue weighted by atomic mass is 35.5. The van der Waals surface area contributed by atoms with Gasteiger partial charge in [0.2, 0.25) is 0 Å².